The Morgan fingerprint density at radius 1 is 0.271 bits per heavy atom. The van der Waals surface area contributed by atoms with Gasteiger partial charge in [0.15, 0.2) is 6.10 Å². The molecule has 6 nitrogen and oxygen atoms in total. The molecule has 0 aromatic carbocycles. The third-order valence-electron chi connectivity index (χ3n) is 14.2. The van der Waals surface area contributed by atoms with Crippen LogP contribution in [0.5, 0.6) is 0 Å². The van der Waals surface area contributed by atoms with E-state index >= 15 is 0 Å². The van der Waals surface area contributed by atoms with E-state index < -0.39 is 6.10 Å². The summed E-state index contributed by atoms with van der Waals surface area (Å²) in [6.07, 6.45) is 70.4. The fourth-order valence-electron chi connectivity index (χ4n) is 9.44. The Balaban J connectivity index is 4.26. The number of esters is 3. The SMILES string of the molecule is CCCCCC/C=C\CCCCCCCC(=O)OCC(COC(=O)CCCCCCCCCCCCC/C=C\CCCCCCCCCC)OC(=O)CCCCCCCCCCCCCCCCCC. The maximum Gasteiger partial charge on any atom is 0.306 e. The summed E-state index contributed by atoms with van der Waals surface area (Å²) in [5, 5.41) is 0. The van der Waals surface area contributed by atoms with Crippen LogP contribution in [0.15, 0.2) is 24.3 Å². The van der Waals surface area contributed by atoms with Gasteiger partial charge in [-0.15, -0.1) is 0 Å². The molecule has 1 unspecified atom stereocenters. The number of carbonyl (C=O) groups is 3. The lowest BCUT2D eigenvalue weighted by molar-refractivity contribution is -0.167. The van der Waals surface area contributed by atoms with Crippen LogP contribution in [-0.2, 0) is 28.6 Å². The predicted molar refractivity (Wildman–Crippen MR) is 303 cm³/mol. The average Bonchev–Trinajstić information content (AvgIpc) is 3.36. The third-order valence-corrected chi connectivity index (χ3v) is 14.2. The summed E-state index contributed by atoms with van der Waals surface area (Å²) in [7, 11) is 0. The normalized spacial score (nSPS) is 12.1. The molecule has 1 atom stereocenters. The Labute approximate surface area is 436 Å². The Hall–Kier alpha value is -2.11. The second-order valence-corrected chi connectivity index (χ2v) is 21.3. The Morgan fingerprint density at radius 2 is 0.471 bits per heavy atom. The number of rotatable bonds is 58. The van der Waals surface area contributed by atoms with Crippen LogP contribution in [0, 0.1) is 0 Å². The van der Waals surface area contributed by atoms with Crippen molar-refractivity contribution in [3.8, 4) is 0 Å². The smallest absolute Gasteiger partial charge is 0.306 e. The van der Waals surface area contributed by atoms with Gasteiger partial charge in [0.25, 0.3) is 0 Å². The molecule has 0 radical (unpaired) electrons. The predicted octanol–water partition coefficient (Wildman–Crippen LogP) is 21.1. The number of hydrogen-bond acceptors (Lipinski definition) is 6. The van der Waals surface area contributed by atoms with E-state index in [0.29, 0.717) is 19.3 Å². The summed E-state index contributed by atoms with van der Waals surface area (Å²) >= 11 is 0. The maximum absolute atomic E-state index is 12.9. The zero-order valence-corrected chi connectivity index (χ0v) is 47.3. The van der Waals surface area contributed by atoms with Crippen molar-refractivity contribution < 1.29 is 28.6 Å². The van der Waals surface area contributed by atoms with Crippen LogP contribution in [0.1, 0.15) is 348 Å². The molecular formula is C64H120O6. The van der Waals surface area contributed by atoms with Gasteiger partial charge in [0.1, 0.15) is 13.2 Å². The molecule has 70 heavy (non-hydrogen) atoms. The van der Waals surface area contributed by atoms with Crippen LogP contribution < -0.4 is 0 Å². The van der Waals surface area contributed by atoms with E-state index in [1.165, 1.54) is 244 Å². The second kappa shape index (κ2) is 59.5. The molecule has 412 valence electrons. The zero-order valence-electron chi connectivity index (χ0n) is 47.3. The molecule has 0 aromatic heterocycles. The van der Waals surface area contributed by atoms with Gasteiger partial charge in [-0.25, -0.2) is 0 Å². The first-order valence-corrected chi connectivity index (χ1v) is 31.3. The molecular weight excluding hydrogens is 865 g/mol. The van der Waals surface area contributed by atoms with Crippen molar-refractivity contribution in [2.45, 2.75) is 354 Å². The van der Waals surface area contributed by atoms with Gasteiger partial charge in [0, 0.05) is 19.3 Å². The first-order chi connectivity index (χ1) is 34.5. The van der Waals surface area contributed by atoms with E-state index in [0.717, 1.165) is 64.2 Å². The highest BCUT2D eigenvalue weighted by atomic mass is 16.6. The van der Waals surface area contributed by atoms with Crippen molar-refractivity contribution in [3.05, 3.63) is 24.3 Å². The van der Waals surface area contributed by atoms with Crippen LogP contribution in [0.4, 0.5) is 0 Å². The topological polar surface area (TPSA) is 78.9 Å². The van der Waals surface area contributed by atoms with Gasteiger partial charge >= 0.3 is 17.9 Å². The molecule has 0 aliphatic carbocycles. The van der Waals surface area contributed by atoms with Crippen molar-refractivity contribution in [2.24, 2.45) is 0 Å². The molecule has 0 heterocycles. The highest BCUT2D eigenvalue weighted by Crippen LogP contribution is 2.17. The summed E-state index contributed by atoms with van der Waals surface area (Å²) < 4.78 is 16.9. The first-order valence-electron chi connectivity index (χ1n) is 31.3. The fraction of sp³-hybridized carbons (Fsp3) is 0.891. The van der Waals surface area contributed by atoms with Crippen LogP contribution >= 0.6 is 0 Å². The molecule has 0 aliphatic heterocycles. The number of unbranched alkanes of at least 4 members (excludes halogenated alkanes) is 43. The van der Waals surface area contributed by atoms with Gasteiger partial charge in [-0.05, 0) is 70.6 Å². The van der Waals surface area contributed by atoms with E-state index in [1.54, 1.807) is 0 Å². The van der Waals surface area contributed by atoms with Crippen molar-refractivity contribution in [2.75, 3.05) is 13.2 Å². The first kappa shape index (κ1) is 67.9. The average molecular weight is 986 g/mol. The van der Waals surface area contributed by atoms with Gasteiger partial charge in [-0.2, -0.15) is 0 Å². The lowest BCUT2D eigenvalue weighted by atomic mass is 10.0. The van der Waals surface area contributed by atoms with Crippen LogP contribution in [0.3, 0.4) is 0 Å². The molecule has 0 aromatic rings. The molecule has 0 N–H and O–H groups in total. The van der Waals surface area contributed by atoms with Crippen molar-refractivity contribution >= 4 is 17.9 Å². The van der Waals surface area contributed by atoms with Gasteiger partial charge in [-0.3, -0.25) is 14.4 Å². The Morgan fingerprint density at radius 3 is 0.729 bits per heavy atom. The Kier molecular flexibility index (Phi) is 57.7. The summed E-state index contributed by atoms with van der Waals surface area (Å²) in [4.78, 5) is 38.2. The van der Waals surface area contributed by atoms with Gasteiger partial charge < -0.3 is 14.2 Å². The lowest BCUT2D eigenvalue weighted by Gasteiger charge is -2.18. The zero-order chi connectivity index (χ0) is 50.7. The fourth-order valence-corrected chi connectivity index (χ4v) is 9.44. The minimum atomic E-state index is -0.771. The molecule has 0 bridgehead atoms. The summed E-state index contributed by atoms with van der Waals surface area (Å²) in [6, 6.07) is 0. The number of carbonyl (C=O) groups excluding carboxylic acids is 3. The van der Waals surface area contributed by atoms with Crippen LogP contribution in [-0.4, -0.2) is 37.2 Å². The van der Waals surface area contributed by atoms with E-state index in [-0.39, 0.29) is 31.1 Å². The third kappa shape index (κ3) is 56.8. The summed E-state index contributed by atoms with van der Waals surface area (Å²) in [5.74, 6) is -0.855. The molecule has 0 spiro atoms. The largest absolute Gasteiger partial charge is 0.462 e. The van der Waals surface area contributed by atoms with Crippen LogP contribution in [0.25, 0.3) is 0 Å². The molecule has 0 saturated carbocycles. The van der Waals surface area contributed by atoms with Crippen molar-refractivity contribution in [1.82, 2.24) is 0 Å². The lowest BCUT2D eigenvalue weighted by Crippen LogP contribution is -2.30. The minimum absolute atomic E-state index is 0.0694. The second-order valence-electron chi connectivity index (χ2n) is 21.3. The number of hydrogen-bond donors (Lipinski definition) is 0. The number of ether oxygens (including phenoxy) is 3. The maximum atomic E-state index is 12.9. The van der Waals surface area contributed by atoms with Crippen molar-refractivity contribution in [3.63, 3.8) is 0 Å². The highest BCUT2D eigenvalue weighted by molar-refractivity contribution is 5.71. The van der Waals surface area contributed by atoms with E-state index in [1.807, 2.05) is 0 Å². The van der Waals surface area contributed by atoms with E-state index in [4.69, 9.17) is 14.2 Å². The number of allylic oxidation sites excluding steroid dienone is 4. The molecule has 0 saturated heterocycles. The minimum Gasteiger partial charge on any atom is -0.462 e. The van der Waals surface area contributed by atoms with E-state index in [2.05, 4.69) is 45.1 Å². The molecule has 0 aliphatic rings. The van der Waals surface area contributed by atoms with Crippen LogP contribution in [0.2, 0.25) is 0 Å². The monoisotopic (exact) mass is 985 g/mol. The molecule has 0 fully saturated rings. The molecule has 0 rings (SSSR count). The molecule has 0 amide bonds. The molecule has 6 heteroatoms. The summed E-state index contributed by atoms with van der Waals surface area (Å²) in [5.41, 5.74) is 0. The van der Waals surface area contributed by atoms with Gasteiger partial charge in [-0.1, -0.05) is 283 Å². The highest BCUT2D eigenvalue weighted by Gasteiger charge is 2.19. The van der Waals surface area contributed by atoms with Gasteiger partial charge in [0.2, 0.25) is 0 Å². The van der Waals surface area contributed by atoms with Gasteiger partial charge in [0.05, 0.1) is 0 Å². The quantitative estimate of drug-likeness (QED) is 0.0261. The van der Waals surface area contributed by atoms with Crippen molar-refractivity contribution in [1.29, 1.82) is 0 Å². The van der Waals surface area contributed by atoms with E-state index in [9.17, 15) is 14.4 Å². The Bertz CT molecular complexity index is 1130. The summed E-state index contributed by atoms with van der Waals surface area (Å²) in [6.45, 7) is 6.68. The standard InChI is InChI=1S/C64H120O6/c1-4-7-10-13-16-19-22-25-27-29-30-31-32-33-34-35-37-39-42-45-48-51-54-57-63(66)69-60-61(59-68-62(65)56-53-50-47-44-41-38-24-21-18-15-12-9-6-3)70-64(67)58-55-52-49-46-43-40-36-28-26-23-20-17-14-11-8-5-2/h21,24,29-30,61H,4-20,22-23,25-28,31-60H2,1-3H3/b24-21-,30-29-.